The topological polar surface area (TPSA) is 20.3 Å². The van der Waals surface area contributed by atoms with Crippen molar-refractivity contribution >= 4 is 29.3 Å². The second kappa shape index (κ2) is 7.37. The number of hydrogen-bond donors (Lipinski definition) is 0. The molecule has 0 spiro atoms. The van der Waals surface area contributed by atoms with Crippen LogP contribution < -0.4 is 0 Å². The van der Waals surface area contributed by atoms with Crippen LogP contribution in [0, 0.1) is 5.82 Å². The maximum absolute atomic E-state index is 14.0. The maximum Gasteiger partial charge on any atom is 0.253 e. The molecule has 1 heterocycles. The Hall–Kier alpha value is -1.52. The molecule has 2 aromatic carbocycles. The zero-order valence-electron chi connectivity index (χ0n) is 12.5. The summed E-state index contributed by atoms with van der Waals surface area (Å²) in [5.74, 6) is 0.650. The van der Waals surface area contributed by atoms with Crippen molar-refractivity contribution in [2.45, 2.75) is 11.7 Å². The van der Waals surface area contributed by atoms with E-state index in [1.807, 2.05) is 17.0 Å². The number of halogens is 2. The van der Waals surface area contributed by atoms with Gasteiger partial charge in [-0.1, -0.05) is 29.8 Å². The molecule has 1 unspecified atom stereocenters. The minimum absolute atomic E-state index is 0.0106. The van der Waals surface area contributed by atoms with Gasteiger partial charge in [-0.25, -0.2) is 4.39 Å². The Labute approximate surface area is 144 Å². The van der Waals surface area contributed by atoms with E-state index in [9.17, 15) is 9.18 Å². The van der Waals surface area contributed by atoms with Crippen molar-refractivity contribution in [2.24, 2.45) is 0 Å². The van der Waals surface area contributed by atoms with Gasteiger partial charge in [-0.05, 0) is 36.8 Å². The fourth-order valence-corrected chi connectivity index (χ4v) is 4.11. The minimum atomic E-state index is -0.164. The Morgan fingerprint density at radius 2 is 1.87 bits per heavy atom. The SMILES string of the molecule is O=C(c1ccc(Cl)cc1)N1CCSC(c2ccccc2F)CC1. The van der Waals surface area contributed by atoms with Crippen LogP contribution >= 0.6 is 23.4 Å². The molecule has 5 heteroatoms. The zero-order chi connectivity index (χ0) is 16.2. The lowest BCUT2D eigenvalue weighted by molar-refractivity contribution is 0.0766. The third kappa shape index (κ3) is 3.88. The van der Waals surface area contributed by atoms with Gasteiger partial charge < -0.3 is 4.90 Å². The van der Waals surface area contributed by atoms with E-state index in [2.05, 4.69) is 0 Å². The number of carbonyl (C=O) groups excluding carboxylic acids is 1. The number of thioether (sulfide) groups is 1. The van der Waals surface area contributed by atoms with Crippen molar-refractivity contribution in [3.8, 4) is 0 Å². The second-order valence-corrected chi connectivity index (χ2v) is 7.22. The number of amides is 1. The van der Waals surface area contributed by atoms with Crippen LogP contribution in [0.1, 0.15) is 27.6 Å². The van der Waals surface area contributed by atoms with Gasteiger partial charge in [0.05, 0.1) is 0 Å². The molecule has 0 bridgehead atoms. The number of hydrogen-bond acceptors (Lipinski definition) is 2. The number of rotatable bonds is 2. The van der Waals surface area contributed by atoms with Gasteiger partial charge in [0.1, 0.15) is 5.82 Å². The van der Waals surface area contributed by atoms with Crippen LogP contribution in [0.4, 0.5) is 4.39 Å². The highest BCUT2D eigenvalue weighted by Gasteiger charge is 2.24. The van der Waals surface area contributed by atoms with Gasteiger partial charge in [-0.2, -0.15) is 11.8 Å². The average Bonchev–Trinajstić information content (AvgIpc) is 2.81. The monoisotopic (exact) mass is 349 g/mol. The molecule has 0 radical (unpaired) electrons. The normalized spacial score (nSPS) is 18.5. The van der Waals surface area contributed by atoms with Crippen molar-refractivity contribution in [3.63, 3.8) is 0 Å². The van der Waals surface area contributed by atoms with Gasteiger partial charge in [-0.3, -0.25) is 4.79 Å². The Balaban J connectivity index is 1.70. The first kappa shape index (κ1) is 16.3. The molecule has 1 aliphatic heterocycles. The first-order chi connectivity index (χ1) is 11.1. The van der Waals surface area contributed by atoms with Crippen molar-refractivity contribution < 1.29 is 9.18 Å². The smallest absolute Gasteiger partial charge is 0.253 e. The Morgan fingerprint density at radius 3 is 2.61 bits per heavy atom. The van der Waals surface area contributed by atoms with E-state index in [-0.39, 0.29) is 17.0 Å². The highest BCUT2D eigenvalue weighted by molar-refractivity contribution is 7.99. The molecule has 1 fully saturated rings. The summed E-state index contributed by atoms with van der Waals surface area (Å²) >= 11 is 7.58. The Bertz CT molecular complexity index is 692. The molecular formula is C18H17ClFNOS. The zero-order valence-corrected chi connectivity index (χ0v) is 14.1. The summed E-state index contributed by atoms with van der Waals surface area (Å²) in [7, 11) is 0. The van der Waals surface area contributed by atoms with E-state index >= 15 is 0 Å². The van der Waals surface area contributed by atoms with Gasteiger partial charge in [-0.15, -0.1) is 0 Å². The number of carbonyl (C=O) groups is 1. The minimum Gasteiger partial charge on any atom is -0.338 e. The highest BCUT2D eigenvalue weighted by Crippen LogP contribution is 2.35. The van der Waals surface area contributed by atoms with Gasteiger partial charge in [0.2, 0.25) is 0 Å². The second-order valence-electron chi connectivity index (χ2n) is 5.47. The summed E-state index contributed by atoms with van der Waals surface area (Å²) in [6.45, 7) is 1.31. The number of nitrogens with zero attached hydrogens (tertiary/aromatic N) is 1. The van der Waals surface area contributed by atoms with E-state index in [0.717, 1.165) is 17.7 Å². The molecule has 1 atom stereocenters. The maximum atomic E-state index is 14.0. The van der Waals surface area contributed by atoms with Gasteiger partial charge in [0, 0.05) is 40.2 Å². The van der Waals surface area contributed by atoms with E-state index in [0.29, 0.717) is 23.7 Å². The predicted molar refractivity (Wildman–Crippen MR) is 93.6 cm³/mol. The first-order valence-corrected chi connectivity index (χ1v) is 8.98. The van der Waals surface area contributed by atoms with Crippen LogP contribution in [0.15, 0.2) is 48.5 Å². The van der Waals surface area contributed by atoms with E-state index < -0.39 is 0 Å². The molecule has 1 aliphatic rings. The van der Waals surface area contributed by atoms with Crippen molar-refractivity contribution in [1.29, 1.82) is 0 Å². The van der Waals surface area contributed by atoms with E-state index in [1.54, 1.807) is 42.1 Å². The Kier molecular flexibility index (Phi) is 5.23. The van der Waals surface area contributed by atoms with E-state index in [4.69, 9.17) is 11.6 Å². The van der Waals surface area contributed by atoms with Crippen LogP contribution in [0.2, 0.25) is 5.02 Å². The van der Waals surface area contributed by atoms with Crippen molar-refractivity contribution in [3.05, 3.63) is 70.5 Å². The van der Waals surface area contributed by atoms with E-state index in [1.165, 1.54) is 6.07 Å². The van der Waals surface area contributed by atoms with Gasteiger partial charge >= 0.3 is 0 Å². The fourth-order valence-electron chi connectivity index (χ4n) is 2.73. The first-order valence-electron chi connectivity index (χ1n) is 7.56. The molecule has 1 amide bonds. The molecule has 0 aromatic heterocycles. The van der Waals surface area contributed by atoms with Crippen LogP contribution in [-0.4, -0.2) is 29.6 Å². The lowest BCUT2D eigenvalue weighted by atomic mass is 10.1. The van der Waals surface area contributed by atoms with Crippen LogP contribution in [0.25, 0.3) is 0 Å². The number of benzene rings is 2. The summed E-state index contributed by atoms with van der Waals surface area (Å²) in [6.07, 6.45) is 0.755. The fraction of sp³-hybridized carbons (Fsp3) is 0.278. The summed E-state index contributed by atoms with van der Waals surface area (Å²) < 4.78 is 14.0. The lowest BCUT2D eigenvalue weighted by Gasteiger charge is -2.20. The van der Waals surface area contributed by atoms with Crippen LogP contribution in [0.5, 0.6) is 0 Å². The molecule has 0 aliphatic carbocycles. The Morgan fingerprint density at radius 1 is 1.13 bits per heavy atom. The molecule has 3 rings (SSSR count). The third-order valence-electron chi connectivity index (χ3n) is 3.97. The summed E-state index contributed by atoms with van der Waals surface area (Å²) in [6, 6.07) is 13.8. The molecule has 0 N–H and O–H groups in total. The molecule has 1 saturated heterocycles. The summed E-state index contributed by atoms with van der Waals surface area (Å²) in [5.41, 5.74) is 1.38. The van der Waals surface area contributed by atoms with Gasteiger partial charge in [0.15, 0.2) is 0 Å². The lowest BCUT2D eigenvalue weighted by Crippen LogP contribution is -2.32. The molecule has 120 valence electrons. The van der Waals surface area contributed by atoms with Crippen LogP contribution in [0.3, 0.4) is 0 Å². The summed E-state index contributed by atoms with van der Waals surface area (Å²) in [5, 5.41) is 0.715. The molecular weight excluding hydrogens is 333 g/mol. The average molecular weight is 350 g/mol. The van der Waals surface area contributed by atoms with Gasteiger partial charge in [0.25, 0.3) is 5.91 Å². The largest absolute Gasteiger partial charge is 0.338 e. The predicted octanol–water partition coefficient (Wildman–Crippen LogP) is 4.80. The molecule has 2 aromatic rings. The molecule has 0 saturated carbocycles. The standard InChI is InChI=1S/C18H17ClFNOS/c19-14-7-5-13(6-8-14)18(22)21-10-9-17(23-12-11-21)15-3-1-2-4-16(15)20/h1-8,17H,9-12H2. The quantitative estimate of drug-likeness (QED) is 0.776. The van der Waals surface area contributed by atoms with Crippen LogP contribution in [-0.2, 0) is 0 Å². The van der Waals surface area contributed by atoms with Crippen molar-refractivity contribution in [1.82, 2.24) is 4.90 Å². The molecule has 23 heavy (non-hydrogen) atoms. The van der Waals surface area contributed by atoms with Crippen molar-refractivity contribution in [2.75, 3.05) is 18.8 Å². The highest BCUT2D eigenvalue weighted by atomic mass is 35.5. The third-order valence-corrected chi connectivity index (χ3v) is 5.53. The summed E-state index contributed by atoms with van der Waals surface area (Å²) in [4.78, 5) is 14.4. The molecule has 2 nitrogen and oxygen atoms in total.